The van der Waals surface area contributed by atoms with Crippen LogP contribution in [-0.4, -0.2) is 21.0 Å². The van der Waals surface area contributed by atoms with Crippen molar-refractivity contribution in [2.45, 2.75) is 13.3 Å². The standard InChI is InChI=1S/C10H12N4O/c1-6-2-3-7-8(4-6)13-10(12-7)5-9(11)14-15/h2-4,15H,5H2,1H3,(H2,11,14)(H,12,13). The van der Waals surface area contributed by atoms with Crippen LogP contribution < -0.4 is 5.73 Å². The fraction of sp³-hybridized carbons (Fsp3) is 0.200. The normalized spacial score (nSPS) is 12.2. The molecule has 1 aromatic heterocycles. The molecular formula is C10H12N4O. The number of nitrogens with two attached hydrogens (primary N) is 1. The van der Waals surface area contributed by atoms with Crippen molar-refractivity contribution in [3.05, 3.63) is 29.6 Å². The van der Waals surface area contributed by atoms with Gasteiger partial charge in [0.05, 0.1) is 17.5 Å². The Morgan fingerprint density at radius 3 is 3.13 bits per heavy atom. The molecule has 0 fully saturated rings. The molecule has 0 amide bonds. The Kier molecular flexibility index (Phi) is 2.29. The monoisotopic (exact) mass is 204 g/mol. The number of H-pyrrole nitrogens is 1. The molecule has 2 aromatic rings. The minimum atomic E-state index is 0.144. The molecule has 0 unspecified atom stereocenters. The first-order valence-electron chi connectivity index (χ1n) is 4.60. The first kappa shape index (κ1) is 9.51. The van der Waals surface area contributed by atoms with Gasteiger partial charge in [-0.2, -0.15) is 0 Å². The highest BCUT2D eigenvalue weighted by atomic mass is 16.4. The van der Waals surface area contributed by atoms with E-state index in [1.54, 1.807) is 0 Å². The number of nitrogens with one attached hydrogen (secondary N) is 1. The maximum Gasteiger partial charge on any atom is 0.146 e. The smallest absolute Gasteiger partial charge is 0.146 e. The van der Waals surface area contributed by atoms with Crippen LogP contribution in [0.1, 0.15) is 11.4 Å². The Morgan fingerprint density at radius 2 is 2.40 bits per heavy atom. The summed E-state index contributed by atoms with van der Waals surface area (Å²) in [7, 11) is 0. The summed E-state index contributed by atoms with van der Waals surface area (Å²) in [6, 6.07) is 5.95. The Bertz CT molecular complexity index is 515. The molecule has 0 aliphatic rings. The van der Waals surface area contributed by atoms with Gasteiger partial charge < -0.3 is 15.9 Å². The van der Waals surface area contributed by atoms with Crippen molar-refractivity contribution in [1.29, 1.82) is 0 Å². The van der Waals surface area contributed by atoms with Crippen molar-refractivity contribution < 1.29 is 5.21 Å². The van der Waals surface area contributed by atoms with Crippen LogP contribution in [0.15, 0.2) is 23.4 Å². The molecule has 0 aliphatic heterocycles. The van der Waals surface area contributed by atoms with E-state index in [-0.39, 0.29) is 5.84 Å². The minimum Gasteiger partial charge on any atom is -0.409 e. The lowest BCUT2D eigenvalue weighted by molar-refractivity contribution is 0.317. The second-order valence-corrected chi connectivity index (χ2v) is 3.47. The van der Waals surface area contributed by atoms with Gasteiger partial charge in [-0.15, -0.1) is 0 Å². The Morgan fingerprint density at radius 1 is 1.60 bits per heavy atom. The zero-order valence-corrected chi connectivity index (χ0v) is 8.36. The molecule has 78 valence electrons. The number of rotatable bonds is 2. The number of hydrogen-bond donors (Lipinski definition) is 3. The second kappa shape index (κ2) is 3.61. The molecule has 0 aliphatic carbocycles. The predicted octanol–water partition coefficient (Wildman–Crippen LogP) is 1.16. The van der Waals surface area contributed by atoms with Gasteiger partial charge in [-0.1, -0.05) is 11.2 Å². The minimum absolute atomic E-state index is 0.144. The molecule has 1 heterocycles. The molecular weight excluding hydrogens is 192 g/mol. The Hall–Kier alpha value is -2.04. The van der Waals surface area contributed by atoms with Gasteiger partial charge in [0.15, 0.2) is 0 Å². The van der Waals surface area contributed by atoms with E-state index < -0.39 is 0 Å². The van der Waals surface area contributed by atoms with Gasteiger partial charge in [0.2, 0.25) is 0 Å². The molecule has 0 radical (unpaired) electrons. The summed E-state index contributed by atoms with van der Waals surface area (Å²) in [5.41, 5.74) is 8.42. The summed E-state index contributed by atoms with van der Waals surface area (Å²) in [4.78, 5) is 7.43. The number of aryl methyl sites for hydroxylation is 1. The SMILES string of the molecule is Cc1ccc2nc(C/C(N)=N/O)[nH]c2c1. The van der Waals surface area contributed by atoms with E-state index in [9.17, 15) is 0 Å². The zero-order chi connectivity index (χ0) is 10.8. The lowest BCUT2D eigenvalue weighted by atomic mass is 10.2. The third kappa shape index (κ3) is 1.90. The van der Waals surface area contributed by atoms with E-state index in [2.05, 4.69) is 15.1 Å². The molecule has 1 aromatic carbocycles. The molecule has 5 nitrogen and oxygen atoms in total. The summed E-state index contributed by atoms with van der Waals surface area (Å²) < 4.78 is 0. The first-order chi connectivity index (χ1) is 7.19. The quantitative estimate of drug-likeness (QED) is 0.297. The van der Waals surface area contributed by atoms with Crippen LogP contribution in [0.3, 0.4) is 0 Å². The molecule has 0 atom stereocenters. The average Bonchev–Trinajstić information content (AvgIpc) is 2.59. The summed E-state index contributed by atoms with van der Waals surface area (Å²) in [5, 5.41) is 11.3. The fourth-order valence-corrected chi connectivity index (χ4v) is 1.47. The number of oxime groups is 1. The van der Waals surface area contributed by atoms with Crippen LogP contribution in [-0.2, 0) is 6.42 Å². The summed E-state index contributed by atoms with van der Waals surface area (Å²) in [6.45, 7) is 2.02. The number of benzene rings is 1. The van der Waals surface area contributed by atoms with E-state index >= 15 is 0 Å². The molecule has 5 heteroatoms. The van der Waals surface area contributed by atoms with E-state index in [1.165, 1.54) is 5.56 Å². The van der Waals surface area contributed by atoms with Gasteiger partial charge in [0.1, 0.15) is 11.7 Å². The van der Waals surface area contributed by atoms with E-state index in [4.69, 9.17) is 10.9 Å². The van der Waals surface area contributed by atoms with E-state index in [0.29, 0.717) is 12.2 Å². The first-order valence-corrected chi connectivity index (χ1v) is 4.60. The number of aromatic nitrogens is 2. The number of hydrogen-bond acceptors (Lipinski definition) is 3. The molecule has 2 rings (SSSR count). The summed E-state index contributed by atoms with van der Waals surface area (Å²) in [6.07, 6.45) is 0.324. The topological polar surface area (TPSA) is 87.3 Å². The van der Waals surface area contributed by atoms with E-state index in [1.807, 2.05) is 25.1 Å². The van der Waals surface area contributed by atoms with Crippen molar-refractivity contribution in [2.75, 3.05) is 0 Å². The number of nitrogens with zero attached hydrogens (tertiary/aromatic N) is 2. The molecule has 0 saturated heterocycles. The van der Waals surface area contributed by atoms with Crippen LogP contribution in [0.25, 0.3) is 11.0 Å². The molecule has 15 heavy (non-hydrogen) atoms. The van der Waals surface area contributed by atoms with Gasteiger partial charge in [0, 0.05) is 0 Å². The number of amidine groups is 1. The molecule has 0 spiro atoms. The lowest BCUT2D eigenvalue weighted by Gasteiger charge is -1.92. The highest BCUT2D eigenvalue weighted by Crippen LogP contribution is 2.13. The van der Waals surface area contributed by atoms with Gasteiger partial charge >= 0.3 is 0 Å². The molecule has 0 bridgehead atoms. The van der Waals surface area contributed by atoms with Gasteiger partial charge in [0.25, 0.3) is 0 Å². The van der Waals surface area contributed by atoms with Crippen molar-refractivity contribution >= 4 is 16.9 Å². The third-order valence-corrected chi connectivity index (χ3v) is 2.16. The summed E-state index contributed by atoms with van der Waals surface area (Å²) in [5.74, 6) is 0.844. The molecule has 4 N–H and O–H groups in total. The van der Waals surface area contributed by atoms with Crippen LogP contribution in [0.2, 0.25) is 0 Å². The predicted molar refractivity (Wildman–Crippen MR) is 57.9 cm³/mol. The zero-order valence-electron chi connectivity index (χ0n) is 8.36. The van der Waals surface area contributed by atoms with Crippen LogP contribution in [0.4, 0.5) is 0 Å². The van der Waals surface area contributed by atoms with Gasteiger partial charge in [-0.25, -0.2) is 4.98 Å². The Labute approximate surface area is 86.6 Å². The highest BCUT2D eigenvalue weighted by molar-refractivity contribution is 5.83. The van der Waals surface area contributed by atoms with Crippen LogP contribution >= 0.6 is 0 Å². The van der Waals surface area contributed by atoms with E-state index in [0.717, 1.165) is 11.0 Å². The van der Waals surface area contributed by atoms with Crippen LogP contribution in [0, 0.1) is 6.92 Å². The van der Waals surface area contributed by atoms with Crippen LogP contribution in [0.5, 0.6) is 0 Å². The van der Waals surface area contributed by atoms with Crippen molar-refractivity contribution in [3.63, 3.8) is 0 Å². The number of imidazole rings is 1. The maximum atomic E-state index is 8.44. The van der Waals surface area contributed by atoms with Gasteiger partial charge in [-0.05, 0) is 24.6 Å². The average molecular weight is 204 g/mol. The van der Waals surface area contributed by atoms with Crippen molar-refractivity contribution in [2.24, 2.45) is 10.9 Å². The number of fused-ring (bicyclic) bond motifs is 1. The van der Waals surface area contributed by atoms with Crippen molar-refractivity contribution in [1.82, 2.24) is 9.97 Å². The van der Waals surface area contributed by atoms with Crippen molar-refractivity contribution in [3.8, 4) is 0 Å². The Balaban J connectivity index is 2.39. The largest absolute Gasteiger partial charge is 0.409 e. The fourth-order valence-electron chi connectivity index (χ4n) is 1.47. The molecule has 0 saturated carbocycles. The highest BCUT2D eigenvalue weighted by Gasteiger charge is 2.04. The third-order valence-electron chi connectivity index (χ3n) is 2.16. The van der Waals surface area contributed by atoms with Gasteiger partial charge in [-0.3, -0.25) is 0 Å². The summed E-state index contributed by atoms with van der Waals surface area (Å²) >= 11 is 0. The lowest BCUT2D eigenvalue weighted by Crippen LogP contribution is -2.15. The number of aromatic amines is 1. The maximum absolute atomic E-state index is 8.44. The second-order valence-electron chi connectivity index (χ2n) is 3.47.